The Hall–Kier alpha value is -0.685. The maximum absolute atomic E-state index is 13.3. The molecule has 0 aromatic rings. The summed E-state index contributed by atoms with van der Waals surface area (Å²) in [6.07, 6.45) is 0.298. The molecule has 2 N–H and O–H groups in total. The molecule has 0 radical (unpaired) electrons. The van der Waals surface area contributed by atoms with Gasteiger partial charge in [0, 0.05) is 5.92 Å². The predicted molar refractivity (Wildman–Crippen MR) is 55.0 cm³/mol. The number of ether oxygens (including phenoxy) is 1. The molecule has 4 nitrogen and oxygen atoms in total. The highest BCUT2D eigenvalue weighted by Crippen LogP contribution is 2.58. The molecule has 0 aromatic carbocycles. The van der Waals surface area contributed by atoms with Gasteiger partial charge in [0.1, 0.15) is 6.04 Å². The van der Waals surface area contributed by atoms with Crippen LogP contribution in [0.2, 0.25) is 6.82 Å². The third-order valence-electron chi connectivity index (χ3n) is 2.94. The van der Waals surface area contributed by atoms with E-state index in [1.165, 1.54) is 6.82 Å². The van der Waals surface area contributed by atoms with Gasteiger partial charge in [0.05, 0.1) is 13.0 Å². The second-order valence-corrected chi connectivity index (χ2v) is 4.06. The summed E-state index contributed by atoms with van der Waals surface area (Å²) in [5.41, 5.74) is 0. The fraction of sp³-hybridized carbons (Fsp3) is 0.889. The summed E-state index contributed by atoms with van der Waals surface area (Å²) in [6.45, 7) is 3.02. The van der Waals surface area contributed by atoms with Gasteiger partial charge in [-0.15, -0.1) is 0 Å². The van der Waals surface area contributed by atoms with Crippen LogP contribution in [0.15, 0.2) is 0 Å². The normalized spacial score (nSPS) is 28.4. The Morgan fingerprint density at radius 3 is 2.56 bits per heavy atom. The lowest BCUT2D eigenvalue weighted by Gasteiger charge is -2.16. The molecule has 1 fully saturated rings. The topological polar surface area (TPSA) is 58.6 Å². The van der Waals surface area contributed by atoms with Crippen molar-refractivity contribution in [2.45, 2.75) is 32.1 Å². The SMILES string of the molecule is CCC1C(C(NB(C)O)C(=O)OC)C1(F)F. The Morgan fingerprint density at radius 2 is 2.25 bits per heavy atom. The molecule has 92 valence electrons. The molecule has 0 amide bonds. The minimum absolute atomic E-state index is 0.298. The Balaban J connectivity index is 2.75. The molecule has 0 bridgehead atoms. The number of nitrogens with one attached hydrogen (secondary N) is 1. The van der Waals surface area contributed by atoms with Crippen LogP contribution in [0.1, 0.15) is 13.3 Å². The average molecular weight is 235 g/mol. The fourth-order valence-electron chi connectivity index (χ4n) is 2.10. The molecule has 1 aliphatic carbocycles. The van der Waals surface area contributed by atoms with E-state index in [1.54, 1.807) is 6.92 Å². The van der Waals surface area contributed by atoms with Gasteiger partial charge in [0.2, 0.25) is 0 Å². The molecule has 1 aliphatic rings. The molecular formula is C9H16BF2NO3. The van der Waals surface area contributed by atoms with Crippen LogP contribution in [0.5, 0.6) is 0 Å². The van der Waals surface area contributed by atoms with E-state index in [2.05, 4.69) is 9.96 Å². The molecule has 0 aliphatic heterocycles. The highest BCUT2D eigenvalue weighted by Gasteiger charge is 2.71. The molecule has 0 spiro atoms. The molecule has 0 saturated heterocycles. The van der Waals surface area contributed by atoms with Crippen molar-refractivity contribution in [2.24, 2.45) is 11.8 Å². The quantitative estimate of drug-likeness (QED) is 0.538. The van der Waals surface area contributed by atoms with Gasteiger partial charge in [0.15, 0.2) is 0 Å². The zero-order valence-corrected chi connectivity index (χ0v) is 9.54. The average Bonchev–Trinajstić information content (AvgIpc) is 2.75. The number of carbonyl (C=O) groups is 1. The van der Waals surface area contributed by atoms with Crippen LogP contribution in [-0.2, 0) is 9.53 Å². The molecular weight excluding hydrogens is 219 g/mol. The largest absolute Gasteiger partial charge is 0.468 e. The van der Waals surface area contributed by atoms with Crippen LogP contribution in [0.4, 0.5) is 8.78 Å². The van der Waals surface area contributed by atoms with Crippen LogP contribution in [0.3, 0.4) is 0 Å². The van der Waals surface area contributed by atoms with Crippen molar-refractivity contribution in [3.8, 4) is 0 Å². The van der Waals surface area contributed by atoms with Crippen LogP contribution in [0.25, 0.3) is 0 Å². The third-order valence-corrected chi connectivity index (χ3v) is 2.94. The van der Waals surface area contributed by atoms with Crippen molar-refractivity contribution in [3.63, 3.8) is 0 Å². The van der Waals surface area contributed by atoms with Crippen molar-refractivity contribution in [1.82, 2.24) is 5.23 Å². The number of esters is 1. The maximum atomic E-state index is 13.3. The molecule has 1 saturated carbocycles. The van der Waals surface area contributed by atoms with Crippen LogP contribution in [-0.4, -0.2) is 37.1 Å². The Bertz CT molecular complexity index is 275. The van der Waals surface area contributed by atoms with Gasteiger partial charge >= 0.3 is 13.0 Å². The molecule has 3 atom stereocenters. The Labute approximate surface area is 93.5 Å². The summed E-state index contributed by atoms with van der Waals surface area (Å²) in [7, 11) is 0.110. The first kappa shape index (κ1) is 13.4. The van der Waals surface area contributed by atoms with Gasteiger partial charge < -0.3 is 15.0 Å². The highest BCUT2D eigenvalue weighted by atomic mass is 19.3. The fourth-order valence-corrected chi connectivity index (χ4v) is 2.10. The highest BCUT2D eigenvalue weighted by molar-refractivity contribution is 6.46. The number of carbonyl (C=O) groups excluding carboxylic acids is 1. The number of halogens is 2. The van der Waals surface area contributed by atoms with E-state index in [0.717, 1.165) is 7.11 Å². The summed E-state index contributed by atoms with van der Waals surface area (Å²) < 4.78 is 31.1. The zero-order valence-electron chi connectivity index (χ0n) is 9.54. The van der Waals surface area contributed by atoms with E-state index in [4.69, 9.17) is 5.02 Å². The summed E-state index contributed by atoms with van der Waals surface area (Å²) in [5, 5.41) is 11.5. The number of alkyl halides is 2. The first-order valence-corrected chi connectivity index (χ1v) is 5.26. The minimum atomic E-state index is -2.85. The summed E-state index contributed by atoms with van der Waals surface area (Å²) >= 11 is 0. The summed E-state index contributed by atoms with van der Waals surface area (Å²) in [5.74, 6) is -5.51. The molecule has 7 heteroatoms. The summed E-state index contributed by atoms with van der Waals surface area (Å²) in [4.78, 5) is 11.3. The van der Waals surface area contributed by atoms with E-state index in [1.807, 2.05) is 0 Å². The van der Waals surface area contributed by atoms with Gasteiger partial charge in [-0.05, 0) is 13.2 Å². The van der Waals surface area contributed by atoms with Crippen molar-refractivity contribution < 1.29 is 23.3 Å². The van der Waals surface area contributed by atoms with Gasteiger partial charge in [-0.1, -0.05) is 6.92 Å². The molecule has 1 rings (SSSR count). The predicted octanol–water partition coefficient (Wildman–Crippen LogP) is 0.519. The molecule has 3 unspecified atom stereocenters. The Morgan fingerprint density at radius 1 is 1.69 bits per heavy atom. The van der Waals surface area contributed by atoms with Crippen LogP contribution in [0, 0.1) is 11.8 Å². The van der Waals surface area contributed by atoms with Crippen LogP contribution >= 0.6 is 0 Å². The van der Waals surface area contributed by atoms with Crippen molar-refractivity contribution >= 4 is 13.0 Å². The second-order valence-electron chi connectivity index (χ2n) is 4.06. The van der Waals surface area contributed by atoms with E-state index >= 15 is 0 Å². The lowest BCUT2D eigenvalue weighted by atomic mass is 9.86. The van der Waals surface area contributed by atoms with E-state index in [-0.39, 0.29) is 0 Å². The lowest BCUT2D eigenvalue weighted by Crippen LogP contribution is -2.48. The van der Waals surface area contributed by atoms with Gasteiger partial charge in [-0.3, -0.25) is 4.79 Å². The molecule has 0 aromatic heterocycles. The smallest absolute Gasteiger partial charge is 0.374 e. The molecule has 16 heavy (non-hydrogen) atoms. The first-order chi connectivity index (χ1) is 7.36. The Kier molecular flexibility index (Phi) is 3.90. The van der Waals surface area contributed by atoms with Gasteiger partial charge in [-0.25, -0.2) is 8.78 Å². The first-order valence-electron chi connectivity index (χ1n) is 5.26. The van der Waals surface area contributed by atoms with E-state index in [0.29, 0.717) is 6.42 Å². The van der Waals surface area contributed by atoms with Gasteiger partial charge in [0.25, 0.3) is 5.92 Å². The zero-order chi connectivity index (χ0) is 12.5. The molecule has 0 heterocycles. The lowest BCUT2D eigenvalue weighted by molar-refractivity contribution is -0.144. The van der Waals surface area contributed by atoms with Crippen LogP contribution < -0.4 is 5.23 Å². The number of methoxy groups -OCH3 is 1. The second kappa shape index (κ2) is 4.67. The van der Waals surface area contributed by atoms with Crippen molar-refractivity contribution in [1.29, 1.82) is 0 Å². The number of hydrogen-bond acceptors (Lipinski definition) is 4. The van der Waals surface area contributed by atoms with Crippen molar-refractivity contribution in [3.05, 3.63) is 0 Å². The third kappa shape index (κ3) is 2.35. The van der Waals surface area contributed by atoms with E-state index in [9.17, 15) is 13.6 Å². The maximum Gasteiger partial charge on any atom is 0.374 e. The number of rotatable bonds is 5. The van der Waals surface area contributed by atoms with Crippen molar-refractivity contribution in [2.75, 3.05) is 7.11 Å². The monoisotopic (exact) mass is 235 g/mol. The summed E-state index contributed by atoms with van der Waals surface area (Å²) in [6, 6.07) is -1.15. The van der Waals surface area contributed by atoms with Gasteiger partial charge in [-0.2, -0.15) is 0 Å². The minimum Gasteiger partial charge on any atom is -0.468 e. The van der Waals surface area contributed by atoms with E-state index < -0.39 is 36.8 Å². The standard InChI is InChI=1S/C9H16BF2NO3/c1-4-5-6(9(5,11)12)7(8(14)16-3)13-10(2)15/h5-7,13,15H,4H2,1-3H3. The number of hydrogen-bond donors (Lipinski definition) is 2.